The number of ether oxygens (including phenoxy) is 2. The van der Waals surface area contributed by atoms with Crippen LogP contribution < -0.4 is 4.74 Å². The van der Waals surface area contributed by atoms with Crippen LogP contribution >= 0.6 is 0 Å². The average molecular weight is 551 g/mol. The zero-order chi connectivity index (χ0) is 28.3. The summed E-state index contributed by atoms with van der Waals surface area (Å²) in [5.74, 6) is -1.58. The van der Waals surface area contributed by atoms with Crippen LogP contribution in [0.4, 0.5) is 13.2 Å². The molecule has 3 aromatic rings. The van der Waals surface area contributed by atoms with Crippen molar-refractivity contribution in [2.24, 2.45) is 0 Å². The van der Waals surface area contributed by atoms with Crippen LogP contribution in [0.1, 0.15) is 80.9 Å². The molecular formula is C35H41F3O2. The Balaban J connectivity index is 1.32. The maximum atomic E-state index is 15.2. The van der Waals surface area contributed by atoms with Gasteiger partial charge in [-0.05, 0) is 98.1 Å². The largest absolute Gasteiger partial charge is 0.491 e. The second-order valence-corrected chi connectivity index (χ2v) is 10.8. The predicted octanol–water partition coefficient (Wildman–Crippen LogP) is 9.74. The van der Waals surface area contributed by atoms with Crippen LogP contribution in [0, 0.1) is 17.5 Å². The van der Waals surface area contributed by atoms with Crippen molar-refractivity contribution in [2.45, 2.75) is 83.2 Å². The minimum absolute atomic E-state index is 0.0275. The van der Waals surface area contributed by atoms with Crippen molar-refractivity contribution in [1.29, 1.82) is 0 Å². The Kier molecular flexibility index (Phi) is 11.3. The monoisotopic (exact) mass is 550 g/mol. The molecule has 40 heavy (non-hydrogen) atoms. The number of rotatable bonds is 14. The molecule has 0 aromatic heterocycles. The smallest absolute Gasteiger partial charge is 0.166 e. The van der Waals surface area contributed by atoms with Crippen LogP contribution in [0.5, 0.6) is 5.75 Å². The number of allylic oxidation sites excluding steroid dienone is 1. The molecule has 0 bridgehead atoms. The molecule has 0 atom stereocenters. The summed E-state index contributed by atoms with van der Waals surface area (Å²) in [6.45, 7) is 7.05. The van der Waals surface area contributed by atoms with Gasteiger partial charge in [-0.1, -0.05) is 61.9 Å². The highest BCUT2D eigenvalue weighted by atomic mass is 19.2. The van der Waals surface area contributed by atoms with Crippen LogP contribution in [0.25, 0.3) is 11.1 Å². The first-order valence-corrected chi connectivity index (χ1v) is 14.7. The van der Waals surface area contributed by atoms with Crippen LogP contribution in [-0.4, -0.2) is 19.3 Å². The first-order chi connectivity index (χ1) is 19.5. The third kappa shape index (κ3) is 8.00. The summed E-state index contributed by atoms with van der Waals surface area (Å²) in [5.41, 5.74) is 3.32. The molecule has 1 saturated carbocycles. The third-order valence-electron chi connectivity index (χ3n) is 7.85. The van der Waals surface area contributed by atoms with Crippen LogP contribution in [0.2, 0.25) is 0 Å². The Bertz CT molecular complexity index is 1230. The molecule has 0 aliphatic heterocycles. The first kappa shape index (κ1) is 29.9. The molecule has 0 unspecified atom stereocenters. The standard InChI is InChI=1S/C35H41F3O2/c1-3-5-7-23-40-33-21-12-26(24-32(33)36)9-8-25-10-13-27(14-11-25)30-19-20-31(35(38)34(30)37)28-15-17-29(18-16-28)39-22-6-4-2/h3,10-14,19-21,24,28-29H,1,4-9,15-18,22-23H2,2H3. The average Bonchev–Trinajstić information content (AvgIpc) is 2.97. The second kappa shape index (κ2) is 15.1. The van der Waals surface area contributed by atoms with Gasteiger partial charge in [-0.3, -0.25) is 0 Å². The normalized spacial score (nSPS) is 17.1. The number of hydrogen-bond acceptors (Lipinski definition) is 2. The lowest BCUT2D eigenvalue weighted by Gasteiger charge is -2.29. The third-order valence-corrected chi connectivity index (χ3v) is 7.85. The highest BCUT2D eigenvalue weighted by Gasteiger charge is 2.27. The van der Waals surface area contributed by atoms with Crippen molar-refractivity contribution in [1.82, 2.24) is 0 Å². The van der Waals surface area contributed by atoms with Crippen LogP contribution in [0.15, 0.2) is 67.3 Å². The van der Waals surface area contributed by atoms with Gasteiger partial charge < -0.3 is 9.47 Å². The Morgan fingerprint density at radius 2 is 1.55 bits per heavy atom. The van der Waals surface area contributed by atoms with Crippen molar-refractivity contribution in [3.8, 4) is 16.9 Å². The summed E-state index contributed by atoms with van der Waals surface area (Å²) in [7, 11) is 0. The number of benzene rings is 3. The zero-order valence-electron chi connectivity index (χ0n) is 23.6. The molecular weight excluding hydrogens is 509 g/mol. The van der Waals surface area contributed by atoms with Gasteiger partial charge in [0.05, 0.1) is 12.7 Å². The number of aryl methyl sites for hydroxylation is 2. The molecule has 5 heteroatoms. The highest BCUT2D eigenvalue weighted by Crippen LogP contribution is 2.38. The molecule has 0 radical (unpaired) electrons. The van der Waals surface area contributed by atoms with E-state index in [1.54, 1.807) is 18.2 Å². The molecule has 1 aliphatic carbocycles. The topological polar surface area (TPSA) is 18.5 Å². The van der Waals surface area contributed by atoms with Gasteiger partial charge in [0, 0.05) is 12.2 Å². The maximum absolute atomic E-state index is 15.2. The minimum atomic E-state index is -0.783. The van der Waals surface area contributed by atoms with Gasteiger partial charge >= 0.3 is 0 Å². The summed E-state index contributed by atoms with van der Waals surface area (Å²) in [5, 5.41) is 0. The second-order valence-electron chi connectivity index (χ2n) is 10.8. The van der Waals surface area contributed by atoms with E-state index < -0.39 is 11.6 Å². The van der Waals surface area contributed by atoms with E-state index in [0.717, 1.165) is 69.1 Å². The van der Waals surface area contributed by atoms with Crippen molar-refractivity contribution in [3.05, 3.63) is 101 Å². The van der Waals surface area contributed by atoms with Crippen LogP contribution in [0.3, 0.4) is 0 Å². The van der Waals surface area contributed by atoms with E-state index >= 15 is 8.78 Å². The van der Waals surface area contributed by atoms with E-state index in [2.05, 4.69) is 13.5 Å². The van der Waals surface area contributed by atoms with Crippen molar-refractivity contribution >= 4 is 0 Å². The van der Waals surface area contributed by atoms with E-state index in [1.165, 1.54) is 6.07 Å². The molecule has 0 spiro atoms. The molecule has 0 N–H and O–H groups in total. The fraction of sp³-hybridized carbons (Fsp3) is 0.429. The van der Waals surface area contributed by atoms with Gasteiger partial charge in [-0.15, -0.1) is 6.58 Å². The van der Waals surface area contributed by atoms with Gasteiger partial charge in [0.2, 0.25) is 0 Å². The Morgan fingerprint density at radius 3 is 2.25 bits per heavy atom. The Hall–Kier alpha value is -3.05. The SMILES string of the molecule is C=CCCCOc1ccc(CCc2ccc(-c3ccc(C4CCC(OCCCC)CC4)c(F)c3F)cc2)cc1F. The molecule has 4 rings (SSSR count). The lowest BCUT2D eigenvalue weighted by Crippen LogP contribution is -2.22. The lowest BCUT2D eigenvalue weighted by molar-refractivity contribution is 0.0230. The Labute approximate surface area is 237 Å². The number of halogens is 3. The minimum Gasteiger partial charge on any atom is -0.491 e. The van der Waals surface area contributed by atoms with Crippen molar-refractivity contribution < 1.29 is 22.6 Å². The van der Waals surface area contributed by atoms with E-state index in [0.29, 0.717) is 30.6 Å². The maximum Gasteiger partial charge on any atom is 0.166 e. The fourth-order valence-corrected chi connectivity index (χ4v) is 5.40. The predicted molar refractivity (Wildman–Crippen MR) is 156 cm³/mol. The Morgan fingerprint density at radius 1 is 0.825 bits per heavy atom. The van der Waals surface area contributed by atoms with Gasteiger partial charge in [0.15, 0.2) is 23.2 Å². The quantitative estimate of drug-likeness (QED) is 0.147. The highest BCUT2D eigenvalue weighted by molar-refractivity contribution is 5.65. The van der Waals surface area contributed by atoms with Gasteiger partial charge in [-0.2, -0.15) is 0 Å². The van der Waals surface area contributed by atoms with E-state index in [4.69, 9.17) is 9.47 Å². The molecule has 0 heterocycles. The lowest BCUT2D eigenvalue weighted by atomic mass is 9.82. The van der Waals surface area contributed by atoms with E-state index in [-0.39, 0.29) is 29.2 Å². The van der Waals surface area contributed by atoms with Gasteiger partial charge in [0.1, 0.15) is 0 Å². The molecule has 0 amide bonds. The van der Waals surface area contributed by atoms with E-state index in [1.807, 2.05) is 36.4 Å². The van der Waals surface area contributed by atoms with Crippen molar-refractivity contribution in [3.63, 3.8) is 0 Å². The molecule has 2 nitrogen and oxygen atoms in total. The molecule has 214 valence electrons. The van der Waals surface area contributed by atoms with Gasteiger partial charge in [0.25, 0.3) is 0 Å². The first-order valence-electron chi connectivity index (χ1n) is 14.7. The fourth-order valence-electron chi connectivity index (χ4n) is 5.40. The summed E-state index contributed by atoms with van der Waals surface area (Å²) < 4.78 is 56.2. The number of unbranched alkanes of at least 4 members (excludes halogenated alkanes) is 2. The van der Waals surface area contributed by atoms with Gasteiger partial charge in [-0.25, -0.2) is 13.2 Å². The molecule has 3 aromatic carbocycles. The number of hydrogen-bond donors (Lipinski definition) is 0. The van der Waals surface area contributed by atoms with Crippen LogP contribution in [-0.2, 0) is 17.6 Å². The summed E-state index contributed by atoms with van der Waals surface area (Å²) in [6.07, 6.45) is 10.6. The van der Waals surface area contributed by atoms with E-state index in [9.17, 15) is 4.39 Å². The summed E-state index contributed by atoms with van der Waals surface area (Å²) in [4.78, 5) is 0. The van der Waals surface area contributed by atoms with Crippen molar-refractivity contribution in [2.75, 3.05) is 13.2 Å². The zero-order valence-corrected chi connectivity index (χ0v) is 23.6. The summed E-state index contributed by atoms with van der Waals surface area (Å²) >= 11 is 0. The molecule has 1 fully saturated rings. The summed E-state index contributed by atoms with van der Waals surface area (Å²) in [6, 6.07) is 16.0. The molecule has 0 saturated heterocycles. The molecule has 1 aliphatic rings.